The van der Waals surface area contributed by atoms with Gasteiger partial charge in [-0.3, -0.25) is 4.79 Å². The molecular weight excluding hydrogens is 571 g/mol. The first-order valence-corrected chi connectivity index (χ1v) is 13.5. The Bertz CT molecular complexity index is 1390. The number of nitrogens with one attached hydrogen (secondary N) is 2. The number of methoxy groups -OCH3 is 3. The second-order valence-electron chi connectivity index (χ2n) is 10.1. The van der Waals surface area contributed by atoms with Crippen LogP contribution in [-0.4, -0.2) is 81.1 Å². The van der Waals surface area contributed by atoms with Gasteiger partial charge in [0.25, 0.3) is 5.91 Å². The molecule has 1 fully saturated rings. The first-order chi connectivity index (χ1) is 20.4. The number of ether oxygens (including phenoxy) is 3. The van der Waals surface area contributed by atoms with Gasteiger partial charge in [0.15, 0.2) is 11.5 Å². The number of hydrogen-bond donors (Lipinski definition) is 3. The van der Waals surface area contributed by atoms with E-state index < -0.39 is 12.1 Å². The summed E-state index contributed by atoms with van der Waals surface area (Å²) in [4.78, 5) is 33.2. The van der Waals surface area contributed by atoms with Gasteiger partial charge in [0.05, 0.1) is 26.8 Å². The van der Waals surface area contributed by atoms with Crippen molar-refractivity contribution in [3.8, 4) is 17.2 Å². The molecule has 11 nitrogen and oxygen atoms in total. The fourth-order valence-corrected chi connectivity index (χ4v) is 4.71. The number of fused-ring (bicyclic) bond motifs is 1. The van der Waals surface area contributed by atoms with Crippen LogP contribution in [0.5, 0.6) is 17.2 Å². The summed E-state index contributed by atoms with van der Waals surface area (Å²) in [6, 6.07) is 11.7. The molecule has 1 aromatic heterocycles. The smallest absolute Gasteiger partial charge is 0.490 e. The molecule has 3 aromatic rings. The number of carbonyl (C=O) groups excluding carboxylic acids is 1. The van der Waals surface area contributed by atoms with Gasteiger partial charge in [-0.05, 0) is 55.9 Å². The standard InChI is InChI=1S/C27H35N5O4.C2HF3O2/c1-32(2)25-20-8-6-7-9-21(20)30-27(31-25)29-19-12-10-17(11-13-19)16-28-26(33)18-14-22(34-3)24(36-5)23(15-18)35-4;3-2(4,5)1(6)7/h6-9,14-15,17,19H,10-13,16H2,1-5H3,(H,28,33)(H,29,30,31);(H,6,7)/t17-,19+;. The molecule has 1 aliphatic carbocycles. The number of aliphatic carboxylic acids is 1. The van der Waals surface area contributed by atoms with Crippen LogP contribution in [0.3, 0.4) is 0 Å². The van der Waals surface area contributed by atoms with Gasteiger partial charge in [-0.1, -0.05) is 12.1 Å². The highest BCUT2D eigenvalue weighted by molar-refractivity contribution is 5.95. The number of alkyl halides is 3. The molecule has 1 aliphatic rings. The van der Waals surface area contributed by atoms with Crippen LogP contribution in [-0.2, 0) is 4.79 Å². The molecule has 1 heterocycles. The van der Waals surface area contributed by atoms with Gasteiger partial charge >= 0.3 is 12.1 Å². The molecule has 0 spiro atoms. The third-order valence-corrected chi connectivity index (χ3v) is 6.91. The molecule has 0 aliphatic heterocycles. The van der Waals surface area contributed by atoms with E-state index in [2.05, 4.69) is 10.6 Å². The normalized spacial score (nSPS) is 16.4. The van der Waals surface area contributed by atoms with Crippen molar-refractivity contribution in [3.05, 3.63) is 42.0 Å². The Hall–Kier alpha value is -4.49. The number of rotatable bonds is 9. The zero-order valence-electron chi connectivity index (χ0n) is 24.6. The Kier molecular flexibility index (Phi) is 11.2. The SMILES string of the molecule is COc1cc(C(=O)NC[C@H]2CC[C@@H](Nc3nc(N(C)C)c4ccccc4n3)CC2)cc(OC)c1OC.O=C(O)C(F)(F)F. The van der Waals surface area contributed by atoms with E-state index in [0.29, 0.717) is 47.3 Å². The number of carboxylic acids is 1. The summed E-state index contributed by atoms with van der Waals surface area (Å²) in [6.07, 6.45) is -1.06. The minimum Gasteiger partial charge on any atom is -0.493 e. The van der Waals surface area contributed by atoms with E-state index >= 15 is 0 Å². The molecule has 0 unspecified atom stereocenters. The van der Waals surface area contributed by atoms with Crippen LogP contribution in [0.25, 0.3) is 10.9 Å². The van der Waals surface area contributed by atoms with E-state index in [1.165, 1.54) is 14.2 Å². The van der Waals surface area contributed by atoms with Crippen molar-refractivity contribution in [1.29, 1.82) is 0 Å². The van der Waals surface area contributed by atoms with Gasteiger partial charge in [-0.2, -0.15) is 18.2 Å². The maximum Gasteiger partial charge on any atom is 0.490 e. The highest BCUT2D eigenvalue weighted by Crippen LogP contribution is 2.38. The fourth-order valence-electron chi connectivity index (χ4n) is 4.71. The Balaban J connectivity index is 0.000000646. The summed E-state index contributed by atoms with van der Waals surface area (Å²) in [5.41, 5.74) is 1.41. The lowest BCUT2D eigenvalue weighted by atomic mass is 9.86. The second-order valence-corrected chi connectivity index (χ2v) is 10.1. The van der Waals surface area contributed by atoms with Crippen molar-refractivity contribution in [1.82, 2.24) is 15.3 Å². The largest absolute Gasteiger partial charge is 0.493 e. The van der Waals surface area contributed by atoms with E-state index in [1.807, 2.05) is 43.3 Å². The number of aromatic nitrogens is 2. The predicted octanol–water partition coefficient (Wildman–Crippen LogP) is 4.76. The molecule has 1 saturated carbocycles. The fraction of sp³-hybridized carbons (Fsp3) is 0.448. The zero-order valence-corrected chi connectivity index (χ0v) is 24.6. The molecule has 1 amide bonds. The molecule has 0 radical (unpaired) electrons. The van der Waals surface area contributed by atoms with Crippen molar-refractivity contribution in [2.24, 2.45) is 5.92 Å². The number of hydrogen-bond acceptors (Lipinski definition) is 9. The molecule has 3 N–H and O–H groups in total. The third-order valence-electron chi connectivity index (χ3n) is 6.91. The number of nitrogens with zero attached hydrogens (tertiary/aromatic N) is 3. The zero-order chi connectivity index (χ0) is 31.7. The highest BCUT2D eigenvalue weighted by atomic mass is 19.4. The van der Waals surface area contributed by atoms with Crippen LogP contribution in [0.2, 0.25) is 0 Å². The molecule has 43 heavy (non-hydrogen) atoms. The van der Waals surface area contributed by atoms with E-state index in [4.69, 9.17) is 34.1 Å². The molecule has 234 valence electrons. The van der Waals surface area contributed by atoms with Crippen molar-refractivity contribution in [2.75, 3.05) is 52.2 Å². The van der Waals surface area contributed by atoms with Crippen LogP contribution in [0.4, 0.5) is 24.9 Å². The minimum absolute atomic E-state index is 0.157. The Morgan fingerprint density at radius 3 is 2.07 bits per heavy atom. The monoisotopic (exact) mass is 607 g/mol. The van der Waals surface area contributed by atoms with Gasteiger partial charge in [0, 0.05) is 37.6 Å². The topological polar surface area (TPSA) is 135 Å². The van der Waals surface area contributed by atoms with Gasteiger partial charge in [0.1, 0.15) is 5.82 Å². The maximum atomic E-state index is 12.8. The summed E-state index contributed by atoms with van der Waals surface area (Å²) in [7, 11) is 8.61. The lowest BCUT2D eigenvalue weighted by molar-refractivity contribution is -0.192. The van der Waals surface area contributed by atoms with E-state index in [-0.39, 0.29) is 5.91 Å². The molecule has 4 rings (SSSR count). The summed E-state index contributed by atoms with van der Waals surface area (Å²) in [5.74, 6) is 0.467. The summed E-state index contributed by atoms with van der Waals surface area (Å²) in [6.45, 7) is 0.624. The van der Waals surface area contributed by atoms with Gasteiger partial charge in [-0.25, -0.2) is 9.78 Å². The first kappa shape index (κ1) is 33.0. The second kappa shape index (κ2) is 14.6. The maximum absolute atomic E-state index is 12.8. The van der Waals surface area contributed by atoms with Gasteiger partial charge < -0.3 is 34.9 Å². The van der Waals surface area contributed by atoms with E-state index in [1.54, 1.807) is 19.2 Å². The number of carbonyl (C=O) groups is 2. The average molecular weight is 608 g/mol. The van der Waals surface area contributed by atoms with Crippen LogP contribution in [0.1, 0.15) is 36.0 Å². The summed E-state index contributed by atoms with van der Waals surface area (Å²) in [5, 5.41) is 14.8. The number of amides is 1. The summed E-state index contributed by atoms with van der Waals surface area (Å²) < 4.78 is 47.8. The number of anilines is 2. The van der Waals surface area contributed by atoms with E-state index in [0.717, 1.165) is 42.4 Å². The van der Waals surface area contributed by atoms with Gasteiger partial charge in [0.2, 0.25) is 11.7 Å². The lowest BCUT2D eigenvalue weighted by Gasteiger charge is -2.29. The third kappa shape index (κ3) is 8.75. The lowest BCUT2D eigenvalue weighted by Crippen LogP contribution is -2.34. The Labute approximate surface area is 247 Å². The first-order valence-electron chi connectivity index (χ1n) is 13.5. The Morgan fingerprint density at radius 2 is 1.56 bits per heavy atom. The molecule has 0 saturated heterocycles. The van der Waals surface area contributed by atoms with Crippen LogP contribution in [0, 0.1) is 5.92 Å². The molecule has 2 aromatic carbocycles. The van der Waals surface area contributed by atoms with Crippen molar-refractivity contribution >= 4 is 34.5 Å². The van der Waals surface area contributed by atoms with Crippen molar-refractivity contribution in [3.63, 3.8) is 0 Å². The quantitative estimate of drug-likeness (QED) is 0.313. The molecule has 0 bridgehead atoms. The number of carboxylic acid groups (broad SMARTS) is 1. The van der Waals surface area contributed by atoms with Crippen LogP contribution < -0.4 is 29.7 Å². The highest BCUT2D eigenvalue weighted by Gasteiger charge is 2.38. The molecule has 0 atom stereocenters. The van der Waals surface area contributed by atoms with Crippen LogP contribution in [0.15, 0.2) is 36.4 Å². The predicted molar refractivity (Wildman–Crippen MR) is 155 cm³/mol. The van der Waals surface area contributed by atoms with Gasteiger partial charge in [-0.15, -0.1) is 0 Å². The molecule has 14 heteroatoms. The minimum atomic E-state index is -5.08. The van der Waals surface area contributed by atoms with Crippen molar-refractivity contribution < 1.29 is 42.1 Å². The van der Waals surface area contributed by atoms with Crippen LogP contribution >= 0.6 is 0 Å². The summed E-state index contributed by atoms with van der Waals surface area (Å²) >= 11 is 0. The number of benzene rings is 2. The Morgan fingerprint density at radius 1 is 0.977 bits per heavy atom. The van der Waals surface area contributed by atoms with Crippen molar-refractivity contribution in [2.45, 2.75) is 37.9 Å². The average Bonchev–Trinajstić information content (AvgIpc) is 2.99. The number of para-hydroxylation sites is 1. The van der Waals surface area contributed by atoms with E-state index in [9.17, 15) is 18.0 Å². The number of halogens is 3. The molecular formula is C29H36F3N5O6.